The van der Waals surface area contributed by atoms with Gasteiger partial charge in [0.15, 0.2) is 0 Å². The lowest BCUT2D eigenvalue weighted by molar-refractivity contribution is -0.123. The van der Waals surface area contributed by atoms with E-state index < -0.39 is 0 Å². The van der Waals surface area contributed by atoms with Crippen molar-refractivity contribution in [2.75, 3.05) is 20.1 Å². The molecule has 0 bridgehead atoms. The lowest BCUT2D eigenvalue weighted by atomic mass is 9.87. The molecule has 1 amide bonds. The molecule has 2 aliphatic carbocycles. The van der Waals surface area contributed by atoms with Crippen LogP contribution in [0.4, 0.5) is 0 Å². The van der Waals surface area contributed by atoms with Crippen LogP contribution in [0.2, 0.25) is 0 Å². The van der Waals surface area contributed by atoms with Gasteiger partial charge in [-0.15, -0.1) is 0 Å². The van der Waals surface area contributed by atoms with Crippen LogP contribution in [-0.4, -0.2) is 30.9 Å². The SMILES string of the molecule is CN(CC(=O)NC1CCCc2ccccc21)CC1CCCCC1. The van der Waals surface area contributed by atoms with Gasteiger partial charge in [-0.3, -0.25) is 9.69 Å². The summed E-state index contributed by atoms with van der Waals surface area (Å²) >= 11 is 0. The van der Waals surface area contributed by atoms with E-state index in [1.54, 1.807) is 0 Å². The number of carbonyl (C=O) groups is 1. The van der Waals surface area contributed by atoms with Gasteiger partial charge in [0.1, 0.15) is 0 Å². The molecule has 23 heavy (non-hydrogen) atoms. The number of carbonyl (C=O) groups excluding carboxylic acids is 1. The summed E-state index contributed by atoms with van der Waals surface area (Å²) in [6.07, 6.45) is 10.2. The Morgan fingerprint density at radius 3 is 2.74 bits per heavy atom. The number of hydrogen-bond acceptors (Lipinski definition) is 2. The van der Waals surface area contributed by atoms with Crippen LogP contribution in [-0.2, 0) is 11.2 Å². The predicted octanol–water partition coefficient (Wildman–Crippen LogP) is 3.69. The third kappa shape index (κ3) is 4.57. The van der Waals surface area contributed by atoms with Crippen molar-refractivity contribution in [3.8, 4) is 0 Å². The molecule has 3 rings (SSSR count). The Labute approximate surface area is 140 Å². The zero-order valence-electron chi connectivity index (χ0n) is 14.4. The number of nitrogens with one attached hydrogen (secondary N) is 1. The molecule has 1 aromatic rings. The van der Waals surface area contributed by atoms with E-state index in [-0.39, 0.29) is 11.9 Å². The van der Waals surface area contributed by atoms with Crippen molar-refractivity contribution < 1.29 is 4.79 Å². The van der Waals surface area contributed by atoms with E-state index in [1.165, 1.54) is 49.7 Å². The van der Waals surface area contributed by atoms with Gasteiger partial charge in [-0.25, -0.2) is 0 Å². The van der Waals surface area contributed by atoms with Crippen molar-refractivity contribution in [3.05, 3.63) is 35.4 Å². The molecule has 1 atom stereocenters. The number of fused-ring (bicyclic) bond motifs is 1. The molecule has 1 N–H and O–H groups in total. The number of amides is 1. The molecule has 2 aliphatic rings. The Bertz CT molecular complexity index is 522. The van der Waals surface area contributed by atoms with Gasteiger partial charge in [0.25, 0.3) is 0 Å². The van der Waals surface area contributed by atoms with Crippen LogP contribution < -0.4 is 5.32 Å². The molecule has 1 unspecified atom stereocenters. The number of rotatable bonds is 5. The van der Waals surface area contributed by atoms with E-state index in [4.69, 9.17) is 0 Å². The molecule has 0 saturated heterocycles. The molecule has 1 aromatic carbocycles. The minimum atomic E-state index is 0.171. The molecular formula is C20H30N2O. The van der Waals surface area contributed by atoms with Crippen LogP contribution in [0.3, 0.4) is 0 Å². The summed E-state index contributed by atoms with van der Waals surface area (Å²) in [4.78, 5) is 14.6. The quantitative estimate of drug-likeness (QED) is 0.899. The fourth-order valence-corrected chi connectivity index (χ4v) is 4.26. The van der Waals surface area contributed by atoms with Crippen molar-refractivity contribution in [1.29, 1.82) is 0 Å². The minimum Gasteiger partial charge on any atom is -0.348 e. The summed E-state index contributed by atoms with van der Waals surface area (Å²) in [6, 6.07) is 8.75. The van der Waals surface area contributed by atoms with Crippen molar-refractivity contribution in [3.63, 3.8) is 0 Å². The Kier molecular flexibility index (Phi) is 5.71. The van der Waals surface area contributed by atoms with Crippen molar-refractivity contribution in [2.24, 2.45) is 5.92 Å². The molecule has 0 spiro atoms. The van der Waals surface area contributed by atoms with Gasteiger partial charge in [0.05, 0.1) is 12.6 Å². The highest BCUT2D eigenvalue weighted by Gasteiger charge is 2.22. The Hall–Kier alpha value is -1.35. The average Bonchev–Trinajstić information content (AvgIpc) is 2.56. The number of nitrogens with zero attached hydrogens (tertiary/aromatic N) is 1. The second kappa shape index (κ2) is 7.96. The summed E-state index contributed by atoms with van der Waals surface area (Å²) in [5, 5.41) is 3.26. The normalized spacial score (nSPS) is 21.9. The number of likely N-dealkylation sites (N-methyl/N-ethyl adjacent to an activating group) is 1. The van der Waals surface area contributed by atoms with E-state index in [0.29, 0.717) is 6.54 Å². The summed E-state index contributed by atoms with van der Waals surface area (Å²) in [6.45, 7) is 1.59. The summed E-state index contributed by atoms with van der Waals surface area (Å²) in [5.74, 6) is 0.960. The lowest BCUT2D eigenvalue weighted by Crippen LogP contribution is -2.40. The van der Waals surface area contributed by atoms with Gasteiger partial charge in [-0.2, -0.15) is 0 Å². The second-order valence-electron chi connectivity index (χ2n) is 7.41. The second-order valence-corrected chi connectivity index (χ2v) is 7.41. The predicted molar refractivity (Wildman–Crippen MR) is 94.3 cm³/mol. The van der Waals surface area contributed by atoms with Gasteiger partial charge < -0.3 is 5.32 Å². The van der Waals surface area contributed by atoms with E-state index in [1.807, 2.05) is 0 Å². The summed E-state index contributed by atoms with van der Waals surface area (Å²) in [7, 11) is 2.09. The molecule has 3 heteroatoms. The smallest absolute Gasteiger partial charge is 0.234 e. The third-order valence-electron chi connectivity index (χ3n) is 5.41. The minimum absolute atomic E-state index is 0.171. The molecule has 0 heterocycles. The average molecular weight is 314 g/mol. The molecule has 1 fully saturated rings. The summed E-state index contributed by atoms with van der Waals surface area (Å²) < 4.78 is 0. The van der Waals surface area contributed by atoms with Gasteiger partial charge >= 0.3 is 0 Å². The van der Waals surface area contributed by atoms with Crippen molar-refractivity contribution in [1.82, 2.24) is 10.2 Å². The van der Waals surface area contributed by atoms with E-state index in [9.17, 15) is 4.79 Å². The van der Waals surface area contributed by atoms with Crippen LogP contribution in [0, 0.1) is 5.92 Å². The highest BCUT2D eigenvalue weighted by atomic mass is 16.2. The molecular weight excluding hydrogens is 284 g/mol. The van der Waals surface area contributed by atoms with Crippen LogP contribution in [0.1, 0.15) is 62.1 Å². The molecule has 0 radical (unpaired) electrons. The maximum absolute atomic E-state index is 12.4. The molecule has 3 nitrogen and oxygen atoms in total. The largest absolute Gasteiger partial charge is 0.348 e. The monoisotopic (exact) mass is 314 g/mol. The molecule has 0 aliphatic heterocycles. The summed E-state index contributed by atoms with van der Waals surface area (Å²) in [5.41, 5.74) is 2.72. The first-order valence-corrected chi connectivity index (χ1v) is 9.28. The number of benzene rings is 1. The van der Waals surface area contributed by atoms with Gasteiger partial charge in [0, 0.05) is 6.54 Å². The van der Waals surface area contributed by atoms with E-state index in [0.717, 1.165) is 25.3 Å². The van der Waals surface area contributed by atoms with Crippen LogP contribution >= 0.6 is 0 Å². The molecule has 126 valence electrons. The maximum Gasteiger partial charge on any atom is 0.234 e. The van der Waals surface area contributed by atoms with Crippen LogP contribution in [0.5, 0.6) is 0 Å². The molecule has 1 saturated carbocycles. The van der Waals surface area contributed by atoms with Gasteiger partial charge in [0.2, 0.25) is 5.91 Å². The van der Waals surface area contributed by atoms with Crippen LogP contribution in [0.25, 0.3) is 0 Å². The topological polar surface area (TPSA) is 32.3 Å². The van der Waals surface area contributed by atoms with Gasteiger partial charge in [-0.05, 0) is 56.2 Å². The van der Waals surface area contributed by atoms with Crippen molar-refractivity contribution >= 4 is 5.91 Å². The molecule has 0 aromatic heterocycles. The lowest BCUT2D eigenvalue weighted by Gasteiger charge is -2.29. The van der Waals surface area contributed by atoms with Gasteiger partial charge in [-0.1, -0.05) is 43.5 Å². The highest BCUT2D eigenvalue weighted by molar-refractivity contribution is 5.78. The van der Waals surface area contributed by atoms with E-state index in [2.05, 4.69) is 41.5 Å². The fourth-order valence-electron chi connectivity index (χ4n) is 4.26. The van der Waals surface area contributed by atoms with Crippen molar-refractivity contribution in [2.45, 2.75) is 57.4 Å². The fraction of sp³-hybridized carbons (Fsp3) is 0.650. The Balaban J connectivity index is 1.49. The van der Waals surface area contributed by atoms with Crippen LogP contribution in [0.15, 0.2) is 24.3 Å². The first-order valence-electron chi connectivity index (χ1n) is 9.28. The number of hydrogen-bond donors (Lipinski definition) is 1. The standard InChI is InChI=1S/C20H30N2O/c1-22(14-16-8-3-2-4-9-16)15-20(23)21-19-13-7-11-17-10-5-6-12-18(17)19/h5-6,10,12,16,19H,2-4,7-9,11,13-15H2,1H3,(H,21,23). The Morgan fingerprint density at radius 1 is 1.13 bits per heavy atom. The number of aryl methyl sites for hydroxylation is 1. The zero-order valence-corrected chi connectivity index (χ0v) is 14.4. The highest BCUT2D eigenvalue weighted by Crippen LogP contribution is 2.29. The zero-order chi connectivity index (χ0) is 16.1. The van der Waals surface area contributed by atoms with E-state index >= 15 is 0 Å². The first kappa shape index (κ1) is 16.5. The maximum atomic E-state index is 12.4. The first-order chi connectivity index (χ1) is 11.2. The Morgan fingerprint density at radius 2 is 1.91 bits per heavy atom. The third-order valence-corrected chi connectivity index (χ3v) is 5.41.